The average Bonchev–Trinajstić information content (AvgIpc) is 2.50. The lowest BCUT2D eigenvalue weighted by atomic mass is 9.94. The van der Waals surface area contributed by atoms with E-state index in [0.717, 1.165) is 44.1 Å². The normalized spacial score (nSPS) is 19.4. The number of nitrogens with zero attached hydrogens (tertiary/aromatic N) is 1. The molecule has 1 saturated heterocycles. The highest BCUT2D eigenvalue weighted by Gasteiger charge is 2.20. The molecular weight excluding hydrogens is 264 g/mol. The maximum absolute atomic E-state index is 11.5. The summed E-state index contributed by atoms with van der Waals surface area (Å²) in [5, 5.41) is 0. The molecule has 21 heavy (non-hydrogen) atoms. The van der Waals surface area contributed by atoms with E-state index in [-0.39, 0.29) is 5.97 Å². The number of hydrogen-bond donors (Lipinski definition) is 1. The highest BCUT2D eigenvalue weighted by molar-refractivity contribution is 5.72. The van der Waals surface area contributed by atoms with Crippen molar-refractivity contribution >= 4 is 5.97 Å². The Hall–Kier alpha value is -1.39. The van der Waals surface area contributed by atoms with Crippen molar-refractivity contribution in [2.24, 2.45) is 11.7 Å². The zero-order chi connectivity index (χ0) is 15.1. The van der Waals surface area contributed by atoms with Crippen LogP contribution in [-0.4, -0.2) is 37.6 Å². The number of carbonyl (C=O) groups is 1. The Bertz CT molecular complexity index is 460. The van der Waals surface area contributed by atoms with Gasteiger partial charge in [0.1, 0.15) is 0 Å². The first-order valence-corrected chi connectivity index (χ1v) is 7.79. The second kappa shape index (κ2) is 8.15. The number of methoxy groups -OCH3 is 1. The lowest BCUT2D eigenvalue weighted by Gasteiger charge is -2.33. The van der Waals surface area contributed by atoms with Crippen molar-refractivity contribution in [3.63, 3.8) is 0 Å². The summed E-state index contributed by atoms with van der Waals surface area (Å²) >= 11 is 0. The Morgan fingerprint density at radius 3 is 2.86 bits per heavy atom. The van der Waals surface area contributed by atoms with Crippen LogP contribution in [0.5, 0.6) is 0 Å². The third-order valence-electron chi connectivity index (χ3n) is 4.25. The molecular formula is C17H26N2O2. The van der Waals surface area contributed by atoms with E-state index in [1.165, 1.54) is 25.5 Å². The number of esters is 1. The van der Waals surface area contributed by atoms with E-state index in [4.69, 9.17) is 10.5 Å². The number of carbonyl (C=O) groups excluding carboxylic acids is 1. The molecule has 1 atom stereocenters. The van der Waals surface area contributed by atoms with Crippen molar-refractivity contribution in [1.29, 1.82) is 0 Å². The van der Waals surface area contributed by atoms with Crippen LogP contribution in [-0.2, 0) is 22.5 Å². The summed E-state index contributed by atoms with van der Waals surface area (Å²) in [4.78, 5) is 14.0. The van der Waals surface area contributed by atoms with Gasteiger partial charge in [0.05, 0.1) is 13.5 Å². The molecule has 2 N–H and O–H groups in total. The van der Waals surface area contributed by atoms with Crippen molar-refractivity contribution in [2.75, 3.05) is 26.7 Å². The fraction of sp³-hybridized carbons (Fsp3) is 0.588. The Kier molecular flexibility index (Phi) is 6.21. The molecule has 0 radical (unpaired) electrons. The number of likely N-dealkylation sites (tertiary alicyclic amines) is 1. The van der Waals surface area contributed by atoms with E-state index in [0.29, 0.717) is 6.42 Å². The zero-order valence-corrected chi connectivity index (χ0v) is 12.9. The van der Waals surface area contributed by atoms with Crippen LogP contribution in [0.15, 0.2) is 24.3 Å². The molecule has 2 rings (SSSR count). The summed E-state index contributed by atoms with van der Waals surface area (Å²) in [7, 11) is 1.44. The van der Waals surface area contributed by atoms with E-state index >= 15 is 0 Å². The summed E-state index contributed by atoms with van der Waals surface area (Å²) < 4.78 is 4.78. The number of hydrogen-bond acceptors (Lipinski definition) is 4. The van der Waals surface area contributed by atoms with Gasteiger partial charge in [-0.25, -0.2) is 0 Å². The number of ether oxygens (including phenoxy) is 1. The summed E-state index contributed by atoms with van der Waals surface area (Å²) in [5.41, 5.74) is 7.99. The van der Waals surface area contributed by atoms with Gasteiger partial charge in [0.2, 0.25) is 0 Å². The van der Waals surface area contributed by atoms with Crippen molar-refractivity contribution in [2.45, 2.75) is 32.2 Å². The SMILES string of the molecule is COC(=O)Cc1ccccc1CN1CCCC(CCN)C1. The second-order valence-electron chi connectivity index (χ2n) is 5.84. The van der Waals surface area contributed by atoms with Crippen LogP contribution in [0.2, 0.25) is 0 Å². The van der Waals surface area contributed by atoms with Crippen LogP contribution in [0.25, 0.3) is 0 Å². The Labute approximate surface area is 127 Å². The second-order valence-corrected chi connectivity index (χ2v) is 5.84. The standard InChI is InChI=1S/C17H26N2O2/c1-21-17(20)11-15-6-2-3-7-16(15)13-19-10-4-5-14(12-19)8-9-18/h2-3,6-7,14H,4-5,8-13,18H2,1H3. The molecule has 0 amide bonds. The van der Waals surface area contributed by atoms with Gasteiger partial charge < -0.3 is 10.5 Å². The molecule has 116 valence electrons. The van der Waals surface area contributed by atoms with E-state index in [1.807, 2.05) is 18.2 Å². The minimum absolute atomic E-state index is 0.179. The van der Waals surface area contributed by atoms with Crippen molar-refractivity contribution < 1.29 is 9.53 Å². The maximum Gasteiger partial charge on any atom is 0.309 e. The number of rotatable bonds is 6. The van der Waals surface area contributed by atoms with Crippen LogP contribution in [0.1, 0.15) is 30.4 Å². The zero-order valence-electron chi connectivity index (χ0n) is 12.9. The topological polar surface area (TPSA) is 55.6 Å². The van der Waals surface area contributed by atoms with Gasteiger partial charge in [-0.1, -0.05) is 24.3 Å². The van der Waals surface area contributed by atoms with Gasteiger partial charge in [-0.15, -0.1) is 0 Å². The van der Waals surface area contributed by atoms with Crippen molar-refractivity contribution in [1.82, 2.24) is 4.90 Å². The van der Waals surface area contributed by atoms with Gasteiger partial charge in [0.15, 0.2) is 0 Å². The Morgan fingerprint density at radius 1 is 1.38 bits per heavy atom. The van der Waals surface area contributed by atoms with Crippen LogP contribution >= 0.6 is 0 Å². The summed E-state index contributed by atoms with van der Waals surface area (Å²) in [6.07, 6.45) is 3.99. The molecule has 0 aromatic heterocycles. The van der Waals surface area contributed by atoms with Gasteiger partial charge in [0.25, 0.3) is 0 Å². The molecule has 0 spiro atoms. The predicted molar refractivity (Wildman–Crippen MR) is 83.8 cm³/mol. The molecule has 4 heteroatoms. The third kappa shape index (κ3) is 4.83. The van der Waals surface area contributed by atoms with Crippen LogP contribution in [0.4, 0.5) is 0 Å². The molecule has 1 aliphatic rings. The molecule has 1 heterocycles. The van der Waals surface area contributed by atoms with Crippen LogP contribution in [0, 0.1) is 5.92 Å². The van der Waals surface area contributed by atoms with E-state index in [1.54, 1.807) is 0 Å². The lowest BCUT2D eigenvalue weighted by Crippen LogP contribution is -2.36. The molecule has 1 aromatic rings. The summed E-state index contributed by atoms with van der Waals surface area (Å²) in [6, 6.07) is 8.16. The Balaban J connectivity index is 2.00. The first kappa shape index (κ1) is 16.0. The summed E-state index contributed by atoms with van der Waals surface area (Å²) in [6.45, 7) is 3.93. The van der Waals surface area contributed by atoms with Gasteiger partial charge in [-0.3, -0.25) is 9.69 Å². The molecule has 1 aromatic carbocycles. The quantitative estimate of drug-likeness (QED) is 0.814. The third-order valence-corrected chi connectivity index (χ3v) is 4.25. The average molecular weight is 290 g/mol. The fourth-order valence-electron chi connectivity index (χ4n) is 3.12. The minimum atomic E-state index is -0.179. The Morgan fingerprint density at radius 2 is 2.14 bits per heavy atom. The van der Waals surface area contributed by atoms with Gasteiger partial charge >= 0.3 is 5.97 Å². The number of benzene rings is 1. The predicted octanol–water partition coefficient (Wildman–Crippen LogP) is 1.96. The van der Waals surface area contributed by atoms with E-state index < -0.39 is 0 Å². The first-order chi connectivity index (χ1) is 10.2. The lowest BCUT2D eigenvalue weighted by molar-refractivity contribution is -0.139. The van der Waals surface area contributed by atoms with Gasteiger partial charge in [-0.05, 0) is 49.4 Å². The van der Waals surface area contributed by atoms with E-state index in [9.17, 15) is 4.79 Å². The molecule has 1 unspecified atom stereocenters. The first-order valence-electron chi connectivity index (χ1n) is 7.79. The summed E-state index contributed by atoms with van der Waals surface area (Å²) in [5.74, 6) is 0.540. The van der Waals surface area contributed by atoms with Gasteiger partial charge in [0, 0.05) is 13.1 Å². The molecule has 0 saturated carbocycles. The number of piperidine rings is 1. The monoisotopic (exact) mass is 290 g/mol. The minimum Gasteiger partial charge on any atom is -0.469 e. The molecule has 1 aliphatic heterocycles. The molecule has 4 nitrogen and oxygen atoms in total. The fourth-order valence-corrected chi connectivity index (χ4v) is 3.12. The molecule has 0 aliphatic carbocycles. The van der Waals surface area contributed by atoms with Crippen molar-refractivity contribution in [3.05, 3.63) is 35.4 Å². The highest BCUT2D eigenvalue weighted by atomic mass is 16.5. The van der Waals surface area contributed by atoms with Gasteiger partial charge in [-0.2, -0.15) is 0 Å². The number of nitrogens with two attached hydrogens (primary N) is 1. The molecule has 1 fully saturated rings. The van der Waals surface area contributed by atoms with E-state index in [2.05, 4.69) is 11.0 Å². The van der Waals surface area contributed by atoms with Crippen LogP contribution in [0.3, 0.4) is 0 Å². The smallest absolute Gasteiger partial charge is 0.309 e. The van der Waals surface area contributed by atoms with Crippen molar-refractivity contribution in [3.8, 4) is 0 Å². The van der Waals surface area contributed by atoms with Crippen LogP contribution < -0.4 is 5.73 Å². The largest absolute Gasteiger partial charge is 0.469 e. The maximum atomic E-state index is 11.5. The highest BCUT2D eigenvalue weighted by Crippen LogP contribution is 2.22. The molecule has 0 bridgehead atoms.